The van der Waals surface area contributed by atoms with Crippen LogP contribution in [-0.4, -0.2) is 17.7 Å². The summed E-state index contributed by atoms with van der Waals surface area (Å²) in [7, 11) is 0. The lowest BCUT2D eigenvalue weighted by Crippen LogP contribution is -2.10. The van der Waals surface area contributed by atoms with Gasteiger partial charge < -0.3 is 9.84 Å². The second-order valence-electron chi connectivity index (χ2n) is 3.10. The van der Waals surface area contributed by atoms with E-state index in [4.69, 9.17) is 16.7 Å². The lowest BCUT2D eigenvalue weighted by molar-refractivity contribution is -0.136. The van der Waals surface area contributed by atoms with Crippen molar-refractivity contribution in [2.24, 2.45) is 0 Å². The first-order valence-electron chi connectivity index (χ1n) is 4.48. The Morgan fingerprint density at radius 1 is 1.53 bits per heavy atom. The number of alkyl halides is 3. The minimum Gasteiger partial charge on any atom is -0.481 e. The summed E-state index contributed by atoms with van der Waals surface area (Å²) in [6.07, 6.45) is -0.427. The fourth-order valence-corrected chi connectivity index (χ4v) is 2.07. The first-order valence-corrected chi connectivity index (χ1v) is 5.98. The molecule has 0 aliphatic carbocycles. The molecule has 17 heavy (non-hydrogen) atoms. The molecule has 7 heteroatoms. The first kappa shape index (κ1) is 14.2. The molecular weight excluding hydrogens is 321 g/mol. The van der Waals surface area contributed by atoms with Crippen LogP contribution in [0.25, 0.3) is 0 Å². The third kappa shape index (κ3) is 3.81. The van der Waals surface area contributed by atoms with Gasteiger partial charge in [0.1, 0.15) is 5.75 Å². The molecule has 0 aromatic heterocycles. The van der Waals surface area contributed by atoms with Gasteiger partial charge in [-0.15, -0.1) is 0 Å². The fraction of sp³-hybridized carbons (Fsp3) is 0.300. The maximum atomic E-state index is 12.2. The summed E-state index contributed by atoms with van der Waals surface area (Å²) in [5.74, 6) is -1.42. The summed E-state index contributed by atoms with van der Waals surface area (Å²) in [4.78, 5) is 10.7. The number of ether oxygens (including phenoxy) is 1. The van der Waals surface area contributed by atoms with E-state index in [2.05, 4.69) is 20.7 Å². The van der Waals surface area contributed by atoms with E-state index in [1.807, 2.05) is 0 Å². The minimum atomic E-state index is -3.05. The zero-order valence-electron chi connectivity index (χ0n) is 8.42. The zero-order valence-corrected chi connectivity index (χ0v) is 10.8. The maximum absolute atomic E-state index is 12.2. The van der Waals surface area contributed by atoms with Gasteiger partial charge in [-0.3, -0.25) is 4.79 Å². The summed E-state index contributed by atoms with van der Waals surface area (Å²) < 4.78 is 28.7. The molecule has 1 N–H and O–H groups in total. The highest BCUT2D eigenvalue weighted by atomic mass is 79.9. The molecule has 0 atom stereocenters. The lowest BCUT2D eigenvalue weighted by atomic mass is 10.0. The molecule has 0 amide bonds. The van der Waals surface area contributed by atoms with Crippen molar-refractivity contribution >= 4 is 33.5 Å². The smallest absolute Gasteiger partial charge is 0.387 e. The van der Waals surface area contributed by atoms with Crippen LogP contribution in [0.4, 0.5) is 8.78 Å². The Bertz CT molecular complexity index is 426. The van der Waals surface area contributed by atoms with E-state index in [0.717, 1.165) is 0 Å². The number of hydrogen-bond donors (Lipinski definition) is 1. The van der Waals surface area contributed by atoms with E-state index in [-0.39, 0.29) is 16.3 Å². The molecule has 94 valence electrons. The Balaban J connectivity index is 3.25. The minimum absolute atomic E-state index is 0.0359. The molecule has 0 spiro atoms. The van der Waals surface area contributed by atoms with Crippen LogP contribution >= 0.6 is 27.5 Å². The van der Waals surface area contributed by atoms with Crippen LogP contribution in [0, 0.1) is 0 Å². The monoisotopic (exact) mass is 328 g/mol. The number of hydrogen-bond acceptors (Lipinski definition) is 2. The van der Waals surface area contributed by atoms with E-state index < -0.39 is 19.0 Å². The van der Waals surface area contributed by atoms with E-state index >= 15 is 0 Å². The van der Waals surface area contributed by atoms with Crippen molar-refractivity contribution in [2.45, 2.75) is 18.4 Å². The van der Waals surface area contributed by atoms with E-state index in [9.17, 15) is 13.6 Å². The van der Waals surface area contributed by atoms with Gasteiger partial charge in [-0.2, -0.15) is 8.78 Å². The quantitative estimate of drug-likeness (QED) is 0.842. The lowest BCUT2D eigenvalue weighted by Gasteiger charge is -2.14. The van der Waals surface area contributed by atoms with Gasteiger partial charge >= 0.3 is 12.6 Å². The number of carboxylic acids is 1. The van der Waals surface area contributed by atoms with E-state index in [0.29, 0.717) is 10.9 Å². The number of rotatable bonds is 5. The summed E-state index contributed by atoms with van der Waals surface area (Å²) in [5, 5.41) is 9.02. The first-order chi connectivity index (χ1) is 7.95. The number of halogens is 4. The third-order valence-electron chi connectivity index (χ3n) is 1.99. The van der Waals surface area contributed by atoms with Crippen LogP contribution in [0.15, 0.2) is 12.1 Å². The summed E-state index contributed by atoms with van der Waals surface area (Å²) in [6, 6.07) is 2.95. The molecule has 0 bridgehead atoms. The van der Waals surface area contributed by atoms with Crippen molar-refractivity contribution in [3.8, 4) is 5.75 Å². The third-order valence-corrected chi connectivity index (χ3v) is 2.89. The molecule has 0 aliphatic rings. The summed E-state index contributed by atoms with van der Waals surface area (Å²) in [5.41, 5.74) is 0.703. The van der Waals surface area contributed by atoms with Crippen LogP contribution in [0.1, 0.15) is 11.1 Å². The zero-order chi connectivity index (χ0) is 13.0. The van der Waals surface area contributed by atoms with Gasteiger partial charge in [-0.25, -0.2) is 0 Å². The van der Waals surface area contributed by atoms with E-state index in [1.165, 1.54) is 6.07 Å². The average Bonchev–Trinajstić information content (AvgIpc) is 2.22. The van der Waals surface area contributed by atoms with Gasteiger partial charge in [-0.05, 0) is 11.6 Å². The molecular formula is C10H8BrClF2O3. The average molecular weight is 330 g/mol. The number of aliphatic carboxylic acids is 1. The SMILES string of the molecule is O=C(O)Cc1c(CBr)ccc(Cl)c1OC(F)F. The van der Waals surface area contributed by atoms with Gasteiger partial charge in [0.25, 0.3) is 0 Å². The Labute approximate surface area is 109 Å². The Morgan fingerprint density at radius 3 is 2.65 bits per heavy atom. The number of carbonyl (C=O) groups is 1. The molecule has 0 radical (unpaired) electrons. The second-order valence-corrected chi connectivity index (χ2v) is 4.06. The molecule has 0 fully saturated rings. The van der Waals surface area contributed by atoms with Crippen LogP contribution < -0.4 is 4.74 Å². The van der Waals surface area contributed by atoms with Gasteiger partial charge in [0.05, 0.1) is 11.4 Å². The maximum Gasteiger partial charge on any atom is 0.387 e. The van der Waals surface area contributed by atoms with Crippen molar-refractivity contribution in [3.05, 3.63) is 28.3 Å². The Hall–Kier alpha value is -0.880. The molecule has 1 aromatic rings. The van der Waals surface area contributed by atoms with Crippen molar-refractivity contribution in [3.63, 3.8) is 0 Å². The summed E-state index contributed by atoms with van der Waals surface area (Å²) >= 11 is 8.86. The largest absolute Gasteiger partial charge is 0.481 e. The predicted molar refractivity (Wildman–Crippen MR) is 62.1 cm³/mol. The fourth-order valence-electron chi connectivity index (χ4n) is 1.33. The normalized spacial score (nSPS) is 10.6. The van der Waals surface area contributed by atoms with Crippen molar-refractivity contribution < 1.29 is 23.4 Å². The standard InChI is InChI=1S/C10H8BrClF2O3/c11-4-5-1-2-7(12)9(17-10(13)14)6(5)3-8(15)16/h1-2,10H,3-4H2,(H,15,16). The van der Waals surface area contributed by atoms with Crippen LogP contribution in [0.5, 0.6) is 5.75 Å². The molecule has 1 rings (SSSR count). The highest BCUT2D eigenvalue weighted by Gasteiger charge is 2.19. The molecule has 3 nitrogen and oxygen atoms in total. The molecule has 0 aliphatic heterocycles. The molecule has 0 saturated carbocycles. The number of benzene rings is 1. The van der Waals surface area contributed by atoms with Crippen molar-refractivity contribution in [2.75, 3.05) is 0 Å². The molecule has 0 saturated heterocycles. The van der Waals surface area contributed by atoms with Crippen LogP contribution in [-0.2, 0) is 16.5 Å². The van der Waals surface area contributed by atoms with Crippen molar-refractivity contribution in [1.82, 2.24) is 0 Å². The van der Waals surface area contributed by atoms with Crippen LogP contribution in [0.3, 0.4) is 0 Å². The van der Waals surface area contributed by atoms with E-state index in [1.54, 1.807) is 6.07 Å². The predicted octanol–water partition coefficient (Wildman–Crippen LogP) is 3.46. The number of carboxylic acid groups (broad SMARTS) is 1. The molecule has 0 heterocycles. The van der Waals surface area contributed by atoms with Gasteiger partial charge in [0, 0.05) is 10.9 Å². The van der Waals surface area contributed by atoms with Crippen LogP contribution in [0.2, 0.25) is 5.02 Å². The topological polar surface area (TPSA) is 46.5 Å². The van der Waals surface area contributed by atoms with Crippen molar-refractivity contribution in [1.29, 1.82) is 0 Å². The second kappa shape index (κ2) is 6.16. The van der Waals surface area contributed by atoms with Gasteiger partial charge in [0.15, 0.2) is 0 Å². The van der Waals surface area contributed by atoms with Gasteiger partial charge in [0.2, 0.25) is 0 Å². The van der Waals surface area contributed by atoms with Gasteiger partial charge in [-0.1, -0.05) is 33.6 Å². The highest BCUT2D eigenvalue weighted by Crippen LogP contribution is 2.34. The Kier molecular flexibility index (Phi) is 5.14. The summed E-state index contributed by atoms with van der Waals surface area (Å²) in [6.45, 7) is -3.05. The molecule has 1 aromatic carbocycles. The molecule has 0 unspecified atom stereocenters. The highest BCUT2D eigenvalue weighted by molar-refractivity contribution is 9.08. The Morgan fingerprint density at radius 2 is 2.18 bits per heavy atom.